The Morgan fingerprint density at radius 1 is 0.929 bits per heavy atom. The Hall–Kier alpha value is -1.55. The van der Waals surface area contributed by atoms with Gasteiger partial charge >= 0.3 is 0 Å². The Kier molecular flexibility index (Phi) is 6.25. The summed E-state index contributed by atoms with van der Waals surface area (Å²) >= 11 is 6.38. The number of benzene rings is 2. The smallest absolute Gasteiger partial charge is 0.0728 e. The Balaban J connectivity index is 1.37. The Labute approximate surface area is 173 Å². The third-order valence-corrected chi connectivity index (χ3v) is 6.89. The summed E-state index contributed by atoms with van der Waals surface area (Å²) in [5.41, 5.74) is 1.82. The lowest BCUT2D eigenvalue weighted by Gasteiger charge is -2.44. The number of piperazine rings is 1. The van der Waals surface area contributed by atoms with E-state index in [0.29, 0.717) is 5.92 Å². The number of rotatable bonds is 5. The molecule has 2 aliphatic rings. The Bertz CT molecular complexity index is 760. The van der Waals surface area contributed by atoms with Gasteiger partial charge in [-0.3, -0.25) is 4.90 Å². The maximum Gasteiger partial charge on any atom is 0.0728 e. The molecule has 0 radical (unpaired) electrons. The van der Waals surface area contributed by atoms with Crippen LogP contribution >= 0.6 is 11.6 Å². The highest BCUT2D eigenvalue weighted by Crippen LogP contribution is 2.37. The van der Waals surface area contributed by atoms with Gasteiger partial charge in [-0.2, -0.15) is 0 Å². The molecule has 1 aliphatic heterocycles. The first-order chi connectivity index (χ1) is 13.6. The molecular weight excluding hydrogens is 368 g/mol. The number of hydrogen-bond acceptors (Lipinski definition) is 3. The summed E-state index contributed by atoms with van der Waals surface area (Å²) in [4.78, 5) is 4.93. The highest BCUT2D eigenvalue weighted by Gasteiger charge is 2.40. The largest absolute Gasteiger partial charge is 0.389 e. The van der Waals surface area contributed by atoms with Crippen molar-refractivity contribution in [1.82, 2.24) is 4.90 Å². The number of nitrogens with zero attached hydrogens (tertiary/aromatic N) is 2. The van der Waals surface area contributed by atoms with E-state index in [2.05, 4.69) is 46.2 Å². The van der Waals surface area contributed by atoms with Crippen LogP contribution in [-0.4, -0.2) is 48.3 Å². The molecule has 0 amide bonds. The molecule has 2 atom stereocenters. The van der Waals surface area contributed by atoms with Crippen molar-refractivity contribution < 1.29 is 5.11 Å². The van der Waals surface area contributed by atoms with E-state index in [1.165, 1.54) is 12.0 Å². The average Bonchev–Trinajstić information content (AvgIpc) is 2.72. The van der Waals surface area contributed by atoms with Crippen molar-refractivity contribution in [1.29, 1.82) is 0 Å². The van der Waals surface area contributed by atoms with Gasteiger partial charge in [0.1, 0.15) is 0 Å². The summed E-state index contributed by atoms with van der Waals surface area (Å²) in [7, 11) is 0. The zero-order chi connectivity index (χ0) is 19.4. The summed E-state index contributed by atoms with van der Waals surface area (Å²) in [5, 5.41) is 12.4. The minimum atomic E-state index is -0.570. The fourth-order valence-electron chi connectivity index (χ4n) is 4.93. The van der Waals surface area contributed by atoms with E-state index < -0.39 is 5.60 Å². The van der Waals surface area contributed by atoms with Crippen LogP contribution in [0.2, 0.25) is 5.02 Å². The first-order valence-electron chi connectivity index (χ1n) is 10.6. The van der Waals surface area contributed by atoms with Gasteiger partial charge in [-0.05, 0) is 30.5 Å². The van der Waals surface area contributed by atoms with Gasteiger partial charge in [-0.15, -0.1) is 0 Å². The lowest BCUT2D eigenvalue weighted by atomic mass is 9.72. The van der Waals surface area contributed by atoms with Gasteiger partial charge in [0, 0.05) is 45.1 Å². The molecule has 2 unspecified atom stereocenters. The van der Waals surface area contributed by atoms with Crippen molar-refractivity contribution in [2.24, 2.45) is 5.92 Å². The summed E-state index contributed by atoms with van der Waals surface area (Å²) < 4.78 is 0. The Morgan fingerprint density at radius 3 is 2.39 bits per heavy atom. The van der Waals surface area contributed by atoms with Crippen LogP contribution in [0.1, 0.15) is 31.2 Å². The molecule has 1 N–H and O–H groups in total. The normalized spacial score (nSPS) is 26.4. The van der Waals surface area contributed by atoms with E-state index in [0.717, 1.165) is 69.1 Å². The molecule has 1 heterocycles. The molecule has 2 aromatic rings. The van der Waals surface area contributed by atoms with E-state index in [1.807, 2.05) is 18.2 Å². The molecule has 150 valence electrons. The lowest BCUT2D eigenvalue weighted by Crippen LogP contribution is -2.52. The summed E-state index contributed by atoms with van der Waals surface area (Å²) in [6.45, 7) is 5.05. The number of aliphatic hydroxyl groups is 1. The topological polar surface area (TPSA) is 26.7 Å². The van der Waals surface area contributed by atoms with Crippen LogP contribution in [0.25, 0.3) is 0 Å². The first kappa shape index (κ1) is 19.8. The third-order valence-electron chi connectivity index (χ3n) is 6.57. The SMILES string of the molecule is OC1(Cc2ccccc2)CCCCC1CN1CCN(c2ccccc2Cl)CC1. The van der Waals surface area contributed by atoms with E-state index in [-0.39, 0.29) is 0 Å². The second kappa shape index (κ2) is 8.86. The quantitative estimate of drug-likeness (QED) is 0.795. The third kappa shape index (κ3) is 4.53. The molecule has 4 heteroatoms. The van der Waals surface area contributed by atoms with Gasteiger partial charge in [0.05, 0.1) is 16.3 Å². The maximum absolute atomic E-state index is 11.5. The van der Waals surface area contributed by atoms with Crippen LogP contribution in [0.3, 0.4) is 0 Å². The lowest BCUT2D eigenvalue weighted by molar-refractivity contribution is -0.0595. The van der Waals surface area contributed by atoms with E-state index in [1.54, 1.807) is 0 Å². The van der Waals surface area contributed by atoms with Crippen LogP contribution in [0, 0.1) is 5.92 Å². The van der Waals surface area contributed by atoms with Crippen molar-refractivity contribution in [3.63, 3.8) is 0 Å². The number of para-hydroxylation sites is 1. The highest BCUT2D eigenvalue weighted by atomic mass is 35.5. The summed E-state index contributed by atoms with van der Waals surface area (Å²) in [6, 6.07) is 18.6. The van der Waals surface area contributed by atoms with Crippen LogP contribution in [0.4, 0.5) is 5.69 Å². The van der Waals surface area contributed by atoms with Crippen LogP contribution in [0.15, 0.2) is 54.6 Å². The van der Waals surface area contributed by atoms with Crippen molar-refractivity contribution in [3.05, 3.63) is 65.2 Å². The molecule has 0 spiro atoms. The molecule has 1 saturated heterocycles. The highest BCUT2D eigenvalue weighted by molar-refractivity contribution is 6.33. The van der Waals surface area contributed by atoms with Crippen molar-refractivity contribution in [3.8, 4) is 0 Å². The van der Waals surface area contributed by atoms with Crippen LogP contribution in [-0.2, 0) is 6.42 Å². The van der Waals surface area contributed by atoms with Gasteiger partial charge in [-0.1, -0.05) is 66.9 Å². The minimum absolute atomic E-state index is 0.355. The summed E-state index contributed by atoms with van der Waals surface area (Å²) in [5.74, 6) is 0.355. The van der Waals surface area contributed by atoms with Crippen LogP contribution in [0.5, 0.6) is 0 Å². The number of anilines is 1. The zero-order valence-electron chi connectivity index (χ0n) is 16.6. The number of halogens is 1. The van der Waals surface area contributed by atoms with Crippen molar-refractivity contribution in [2.45, 2.75) is 37.7 Å². The van der Waals surface area contributed by atoms with Gasteiger partial charge < -0.3 is 10.0 Å². The first-order valence-corrected chi connectivity index (χ1v) is 11.0. The van der Waals surface area contributed by atoms with E-state index >= 15 is 0 Å². The van der Waals surface area contributed by atoms with E-state index in [4.69, 9.17) is 11.6 Å². The molecule has 0 bridgehead atoms. The van der Waals surface area contributed by atoms with Crippen molar-refractivity contribution >= 4 is 17.3 Å². The predicted octanol–water partition coefficient (Wildman–Crippen LogP) is 4.63. The standard InChI is InChI=1S/C24H31ClN2O/c25-22-11-4-5-12-23(22)27-16-14-26(15-17-27)19-21-10-6-7-13-24(21,28)18-20-8-2-1-3-9-20/h1-5,8-9,11-12,21,28H,6-7,10,13-19H2. The monoisotopic (exact) mass is 398 g/mol. The predicted molar refractivity (Wildman–Crippen MR) is 117 cm³/mol. The van der Waals surface area contributed by atoms with Crippen molar-refractivity contribution in [2.75, 3.05) is 37.6 Å². The molecule has 0 aromatic heterocycles. The van der Waals surface area contributed by atoms with E-state index in [9.17, 15) is 5.11 Å². The second-order valence-electron chi connectivity index (χ2n) is 8.45. The Morgan fingerprint density at radius 2 is 1.64 bits per heavy atom. The molecular formula is C24H31ClN2O. The van der Waals surface area contributed by atoms with Crippen LogP contribution < -0.4 is 4.90 Å². The maximum atomic E-state index is 11.5. The van der Waals surface area contributed by atoms with Gasteiger partial charge in [0.2, 0.25) is 0 Å². The van der Waals surface area contributed by atoms with Gasteiger partial charge in [-0.25, -0.2) is 0 Å². The zero-order valence-corrected chi connectivity index (χ0v) is 17.3. The van der Waals surface area contributed by atoms with Gasteiger partial charge in [0.25, 0.3) is 0 Å². The molecule has 3 nitrogen and oxygen atoms in total. The molecule has 4 rings (SSSR count). The molecule has 28 heavy (non-hydrogen) atoms. The average molecular weight is 399 g/mol. The van der Waals surface area contributed by atoms with Gasteiger partial charge in [0.15, 0.2) is 0 Å². The number of hydrogen-bond donors (Lipinski definition) is 1. The fraction of sp³-hybridized carbons (Fsp3) is 0.500. The molecule has 1 aliphatic carbocycles. The molecule has 2 fully saturated rings. The second-order valence-corrected chi connectivity index (χ2v) is 8.85. The minimum Gasteiger partial charge on any atom is -0.389 e. The fourth-order valence-corrected chi connectivity index (χ4v) is 5.18. The summed E-state index contributed by atoms with van der Waals surface area (Å²) in [6.07, 6.45) is 5.21. The molecule has 1 saturated carbocycles. The molecule has 2 aromatic carbocycles.